The molecule has 2 aromatic rings. The Labute approximate surface area is 124 Å². The molecule has 4 heteroatoms. The molecule has 0 aliphatic carbocycles. The van der Waals surface area contributed by atoms with E-state index >= 15 is 0 Å². The summed E-state index contributed by atoms with van der Waals surface area (Å²) in [6.45, 7) is 3.68. The smallest absolute Gasteiger partial charge is 0.0733 e. The molecule has 110 valence electrons. The average Bonchev–Trinajstić information content (AvgIpc) is 2.53. The second-order valence-corrected chi connectivity index (χ2v) is 6.30. The van der Waals surface area contributed by atoms with E-state index in [0.29, 0.717) is 5.92 Å². The van der Waals surface area contributed by atoms with Gasteiger partial charge < -0.3 is 15.3 Å². The number of para-hydroxylation sites is 1. The van der Waals surface area contributed by atoms with E-state index in [2.05, 4.69) is 39.5 Å². The van der Waals surface area contributed by atoms with Gasteiger partial charge in [-0.25, -0.2) is 0 Å². The molecule has 4 rings (SSSR count). The molecule has 0 amide bonds. The third-order valence-corrected chi connectivity index (χ3v) is 5.11. The van der Waals surface area contributed by atoms with E-state index in [1.807, 2.05) is 12.3 Å². The monoisotopic (exact) mass is 283 g/mol. The lowest BCUT2D eigenvalue weighted by atomic mass is 9.76. The zero-order valence-corrected chi connectivity index (χ0v) is 12.1. The summed E-state index contributed by atoms with van der Waals surface area (Å²) in [4.78, 5) is 6.86. The number of piperidine rings is 2. The first kappa shape index (κ1) is 13.0. The number of benzene rings is 1. The second-order valence-electron chi connectivity index (χ2n) is 6.30. The van der Waals surface area contributed by atoms with Crippen molar-refractivity contribution in [1.82, 2.24) is 10.3 Å². The Morgan fingerprint density at radius 2 is 2.14 bits per heavy atom. The van der Waals surface area contributed by atoms with Crippen molar-refractivity contribution in [2.24, 2.45) is 5.92 Å². The van der Waals surface area contributed by atoms with Crippen LogP contribution in [-0.2, 0) is 0 Å². The van der Waals surface area contributed by atoms with E-state index in [9.17, 15) is 5.11 Å². The summed E-state index contributed by atoms with van der Waals surface area (Å²) in [5, 5.41) is 15.4. The van der Waals surface area contributed by atoms with Gasteiger partial charge in [0.15, 0.2) is 0 Å². The van der Waals surface area contributed by atoms with Crippen LogP contribution in [0.5, 0.6) is 0 Å². The van der Waals surface area contributed by atoms with Gasteiger partial charge in [-0.05, 0) is 31.5 Å². The Kier molecular flexibility index (Phi) is 3.08. The molecule has 2 N–H and O–H groups in total. The van der Waals surface area contributed by atoms with E-state index in [1.165, 1.54) is 11.1 Å². The van der Waals surface area contributed by atoms with E-state index in [4.69, 9.17) is 0 Å². The first-order valence-electron chi connectivity index (χ1n) is 7.78. The molecule has 3 heterocycles. The number of rotatable bonds is 1. The van der Waals surface area contributed by atoms with Gasteiger partial charge in [0, 0.05) is 42.8 Å². The van der Waals surface area contributed by atoms with Crippen LogP contribution in [0.25, 0.3) is 10.9 Å². The predicted molar refractivity (Wildman–Crippen MR) is 84.5 cm³/mol. The molecule has 4 nitrogen and oxygen atoms in total. The van der Waals surface area contributed by atoms with Crippen molar-refractivity contribution in [3.63, 3.8) is 0 Å². The molecule has 2 saturated heterocycles. The molecule has 1 aromatic carbocycles. The standard InChI is InChI=1S/C17H21N3O/c21-17-6-9-18-11-13(17)12-20(10-7-17)16-5-8-19-15-4-2-1-3-14(15)16/h1-5,8,13,18,21H,6-7,9-12H2/t13-,17-/m1/s1. The highest BCUT2D eigenvalue weighted by Crippen LogP contribution is 2.36. The van der Waals surface area contributed by atoms with E-state index in [0.717, 1.165) is 44.5 Å². The maximum atomic E-state index is 10.8. The Bertz CT molecular complexity index is 654. The zero-order chi connectivity index (χ0) is 14.3. The molecule has 2 aliphatic heterocycles. The number of hydrogen-bond donors (Lipinski definition) is 2. The lowest BCUT2D eigenvalue weighted by Gasteiger charge is -2.48. The first-order valence-corrected chi connectivity index (χ1v) is 7.78. The van der Waals surface area contributed by atoms with Crippen LogP contribution < -0.4 is 10.2 Å². The summed E-state index contributed by atoms with van der Waals surface area (Å²) in [7, 11) is 0. The van der Waals surface area contributed by atoms with Crippen molar-refractivity contribution in [1.29, 1.82) is 0 Å². The average molecular weight is 283 g/mol. The van der Waals surface area contributed by atoms with Gasteiger partial charge in [0.1, 0.15) is 0 Å². The van der Waals surface area contributed by atoms with Crippen LogP contribution in [0, 0.1) is 5.92 Å². The summed E-state index contributed by atoms with van der Waals surface area (Å²) >= 11 is 0. The molecule has 0 unspecified atom stereocenters. The number of nitrogens with one attached hydrogen (secondary N) is 1. The van der Waals surface area contributed by atoms with Crippen molar-refractivity contribution in [2.75, 3.05) is 31.1 Å². The minimum Gasteiger partial charge on any atom is -0.389 e. The van der Waals surface area contributed by atoms with Gasteiger partial charge in [0.25, 0.3) is 0 Å². The van der Waals surface area contributed by atoms with Crippen molar-refractivity contribution in [3.05, 3.63) is 36.5 Å². The quantitative estimate of drug-likeness (QED) is 0.837. The van der Waals surface area contributed by atoms with Crippen LogP contribution in [-0.4, -0.2) is 41.9 Å². The van der Waals surface area contributed by atoms with Gasteiger partial charge in [0.2, 0.25) is 0 Å². The molecule has 0 radical (unpaired) electrons. The minimum absolute atomic E-state index is 0.312. The molecule has 2 atom stereocenters. The van der Waals surface area contributed by atoms with Crippen molar-refractivity contribution in [3.8, 4) is 0 Å². The first-order chi connectivity index (χ1) is 10.3. The van der Waals surface area contributed by atoms with Crippen molar-refractivity contribution < 1.29 is 5.11 Å². The Balaban J connectivity index is 1.67. The van der Waals surface area contributed by atoms with Crippen LogP contribution in [0.1, 0.15) is 12.8 Å². The number of anilines is 1. The van der Waals surface area contributed by atoms with E-state index < -0.39 is 5.60 Å². The summed E-state index contributed by atoms with van der Waals surface area (Å²) < 4.78 is 0. The third kappa shape index (κ3) is 2.19. The second kappa shape index (κ2) is 4.97. The van der Waals surface area contributed by atoms with Gasteiger partial charge in [-0.2, -0.15) is 0 Å². The molecule has 2 aliphatic rings. The highest BCUT2D eigenvalue weighted by Gasteiger charge is 2.43. The normalized spacial score (nSPS) is 29.4. The topological polar surface area (TPSA) is 48.4 Å². The third-order valence-electron chi connectivity index (χ3n) is 5.11. The molecular weight excluding hydrogens is 262 g/mol. The van der Waals surface area contributed by atoms with Crippen LogP contribution in [0.4, 0.5) is 5.69 Å². The Morgan fingerprint density at radius 3 is 3.10 bits per heavy atom. The number of nitrogens with zero attached hydrogens (tertiary/aromatic N) is 2. The molecule has 2 fully saturated rings. The van der Waals surface area contributed by atoms with Gasteiger partial charge in [-0.3, -0.25) is 4.98 Å². The zero-order valence-electron chi connectivity index (χ0n) is 12.1. The van der Waals surface area contributed by atoms with Crippen LogP contribution in [0.15, 0.2) is 36.5 Å². The number of hydrogen-bond acceptors (Lipinski definition) is 4. The largest absolute Gasteiger partial charge is 0.389 e. The molecule has 0 saturated carbocycles. The highest BCUT2D eigenvalue weighted by atomic mass is 16.3. The number of fused-ring (bicyclic) bond motifs is 2. The lowest BCUT2D eigenvalue weighted by Crippen LogP contribution is -2.59. The Morgan fingerprint density at radius 1 is 1.24 bits per heavy atom. The fourth-order valence-electron chi connectivity index (χ4n) is 3.80. The number of aliphatic hydroxyl groups is 1. The fraction of sp³-hybridized carbons (Fsp3) is 0.471. The maximum Gasteiger partial charge on any atom is 0.0733 e. The van der Waals surface area contributed by atoms with Gasteiger partial charge >= 0.3 is 0 Å². The van der Waals surface area contributed by atoms with Crippen LogP contribution >= 0.6 is 0 Å². The number of aromatic nitrogens is 1. The SMILES string of the molecule is O[C@@]12CCNC[C@@H]1CN(c1ccnc3ccccc13)CC2. The molecule has 21 heavy (non-hydrogen) atoms. The van der Waals surface area contributed by atoms with Gasteiger partial charge in [0.05, 0.1) is 11.1 Å². The molecule has 0 spiro atoms. The molecule has 1 aromatic heterocycles. The lowest BCUT2D eigenvalue weighted by molar-refractivity contribution is -0.0538. The van der Waals surface area contributed by atoms with Gasteiger partial charge in [-0.1, -0.05) is 18.2 Å². The van der Waals surface area contributed by atoms with Crippen LogP contribution in [0.2, 0.25) is 0 Å². The summed E-state index contributed by atoms with van der Waals surface area (Å²) in [6.07, 6.45) is 3.62. The minimum atomic E-state index is -0.468. The summed E-state index contributed by atoms with van der Waals surface area (Å²) in [6, 6.07) is 10.4. The number of pyridine rings is 1. The predicted octanol–water partition coefficient (Wildman–Crippen LogP) is 1.79. The fourth-order valence-corrected chi connectivity index (χ4v) is 3.80. The summed E-state index contributed by atoms with van der Waals surface area (Å²) in [5.74, 6) is 0.312. The molecular formula is C17H21N3O. The summed E-state index contributed by atoms with van der Waals surface area (Å²) in [5.41, 5.74) is 1.82. The van der Waals surface area contributed by atoms with E-state index in [1.54, 1.807) is 0 Å². The van der Waals surface area contributed by atoms with Gasteiger partial charge in [-0.15, -0.1) is 0 Å². The Hall–Kier alpha value is -1.65. The molecule has 0 bridgehead atoms. The highest BCUT2D eigenvalue weighted by molar-refractivity contribution is 5.91. The van der Waals surface area contributed by atoms with Crippen molar-refractivity contribution in [2.45, 2.75) is 18.4 Å². The van der Waals surface area contributed by atoms with Crippen LogP contribution in [0.3, 0.4) is 0 Å². The van der Waals surface area contributed by atoms with Crippen molar-refractivity contribution >= 4 is 16.6 Å². The van der Waals surface area contributed by atoms with E-state index in [-0.39, 0.29) is 0 Å². The maximum absolute atomic E-state index is 10.8.